The summed E-state index contributed by atoms with van der Waals surface area (Å²) >= 11 is 0. The minimum absolute atomic E-state index is 0.265. The van der Waals surface area contributed by atoms with Gasteiger partial charge in [-0.1, -0.05) is 48.0 Å². The third-order valence-corrected chi connectivity index (χ3v) is 5.43. The summed E-state index contributed by atoms with van der Waals surface area (Å²) in [4.78, 5) is 0. The molecule has 7 atom stereocenters. The van der Waals surface area contributed by atoms with Gasteiger partial charge in [0, 0.05) is 12.5 Å². The van der Waals surface area contributed by atoms with Crippen molar-refractivity contribution in [3.63, 3.8) is 0 Å². The summed E-state index contributed by atoms with van der Waals surface area (Å²) in [6.45, 7) is 16.9. The molecule has 0 heterocycles. The predicted molar refractivity (Wildman–Crippen MR) is 96.2 cm³/mol. The highest BCUT2D eigenvalue weighted by Gasteiger charge is 2.26. The van der Waals surface area contributed by atoms with E-state index >= 15 is 0 Å². The molecule has 3 heteroatoms. The average Bonchev–Trinajstić information content (AvgIpc) is 2.48. The molecule has 0 saturated heterocycles. The van der Waals surface area contributed by atoms with Crippen LogP contribution in [0.1, 0.15) is 74.7 Å². The lowest BCUT2D eigenvalue weighted by molar-refractivity contribution is 0.0107. The third kappa shape index (κ3) is 9.64. The third-order valence-electron chi connectivity index (χ3n) is 5.43. The Labute approximate surface area is 143 Å². The van der Waals surface area contributed by atoms with Gasteiger partial charge in [-0.25, -0.2) is 8.78 Å². The molecule has 0 saturated carbocycles. The van der Waals surface area contributed by atoms with Crippen molar-refractivity contribution >= 4 is 0 Å². The number of rotatable bonds is 12. The Morgan fingerprint density at radius 2 is 1.26 bits per heavy atom. The number of ether oxygens (including phenoxy) is 1. The minimum atomic E-state index is -1.08. The van der Waals surface area contributed by atoms with Crippen molar-refractivity contribution in [2.45, 2.75) is 93.1 Å². The Balaban J connectivity index is 4.14. The zero-order valence-electron chi connectivity index (χ0n) is 16.6. The SMILES string of the molecule is CC(C)COC(C)C(C)CCC(C)C(C)CC(F)C(C)C(C)F. The van der Waals surface area contributed by atoms with E-state index < -0.39 is 18.3 Å². The first-order valence-electron chi connectivity index (χ1n) is 9.45. The fourth-order valence-corrected chi connectivity index (χ4v) is 2.64. The predicted octanol–water partition coefficient (Wildman–Crippen LogP) is 6.46. The van der Waals surface area contributed by atoms with Crippen molar-refractivity contribution in [2.75, 3.05) is 6.61 Å². The Bertz CT molecular complexity index is 293. The van der Waals surface area contributed by atoms with Gasteiger partial charge in [0.2, 0.25) is 0 Å². The summed E-state index contributed by atoms with van der Waals surface area (Å²) in [6.07, 6.45) is 0.774. The second-order valence-electron chi connectivity index (χ2n) is 8.23. The molecule has 0 aromatic rings. The maximum Gasteiger partial charge on any atom is 0.106 e. The Kier molecular flexibility index (Phi) is 11.3. The standard InChI is InChI=1S/C20H40F2O/c1-13(2)12-23-19(8)15(4)10-9-14(3)16(5)11-20(22)17(6)18(7)21/h13-20H,9-12H2,1-8H3. The highest BCUT2D eigenvalue weighted by atomic mass is 19.1. The van der Waals surface area contributed by atoms with Gasteiger partial charge in [0.15, 0.2) is 0 Å². The summed E-state index contributed by atoms with van der Waals surface area (Å²) < 4.78 is 33.2. The lowest BCUT2D eigenvalue weighted by Crippen LogP contribution is -2.25. The van der Waals surface area contributed by atoms with Crippen molar-refractivity contribution in [3.05, 3.63) is 0 Å². The second kappa shape index (κ2) is 11.4. The van der Waals surface area contributed by atoms with Crippen LogP contribution in [0.4, 0.5) is 8.78 Å². The van der Waals surface area contributed by atoms with Crippen LogP contribution >= 0.6 is 0 Å². The molecular weight excluding hydrogens is 294 g/mol. The van der Waals surface area contributed by atoms with Crippen LogP contribution in [0.5, 0.6) is 0 Å². The smallest absolute Gasteiger partial charge is 0.106 e. The van der Waals surface area contributed by atoms with Gasteiger partial charge < -0.3 is 4.74 Å². The Morgan fingerprint density at radius 3 is 1.74 bits per heavy atom. The van der Waals surface area contributed by atoms with E-state index in [-0.39, 0.29) is 12.0 Å². The van der Waals surface area contributed by atoms with E-state index in [9.17, 15) is 8.78 Å². The van der Waals surface area contributed by atoms with Crippen molar-refractivity contribution in [3.8, 4) is 0 Å². The molecule has 0 radical (unpaired) electrons. The van der Waals surface area contributed by atoms with Crippen LogP contribution in [0, 0.1) is 29.6 Å². The molecule has 0 aromatic heterocycles. The van der Waals surface area contributed by atoms with Crippen LogP contribution < -0.4 is 0 Å². The van der Waals surface area contributed by atoms with Crippen molar-refractivity contribution in [2.24, 2.45) is 29.6 Å². The largest absolute Gasteiger partial charge is 0.378 e. The monoisotopic (exact) mass is 334 g/mol. The van der Waals surface area contributed by atoms with Crippen LogP contribution in [0.2, 0.25) is 0 Å². The summed E-state index contributed by atoms with van der Waals surface area (Å²) in [5.41, 5.74) is 0. The van der Waals surface area contributed by atoms with Gasteiger partial charge in [-0.15, -0.1) is 0 Å². The number of alkyl halides is 2. The topological polar surface area (TPSA) is 9.23 Å². The van der Waals surface area contributed by atoms with Crippen LogP contribution in [0.15, 0.2) is 0 Å². The van der Waals surface area contributed by atoms with Crippen LogP contribution in [0.3, 0.4) is 0 Å². The molecule has 1 nitrogen and oxygen atoms in total. The summed E-state index contributed by atoms with van der Waals surface area (Å²) in [6, 6.07) is 0. The molecule has 0 aliphatic heterocycles. The van der Waals surface area contributed by atoms with Gasteiger partial charge in [0.05, 0.1) is 6.10 Å². The first-order chi connectivity index (χ1) is 10.6. The molecule has 0 fully saturated rings. The van der Waals surface area contributed by atoms with E-state index in [2.05, 4.69) is 41.5 Å². The van der Waals surface area contributed by atoms with Crippen LogP contribution in [0.25, 0.3) is 0 Å². The number of hydrogen-bond acceptors (Lipinski definition) is 1. The molecule has 23 heavy (non-hydrogen) atoms. The van der Waals surface area contributed by atoms with Crippen molar-refractivity contribution < 1.29 is 13.5 Å². The quantitative estimate of drug-likeness (QED) is 0.398. The molecule has 7 unspecified atom stereocenters. The van der Waals surface area contributed by atoms with E-state index in [0.29, 0.717) is 24.2 Å². The zero-order chi connectivity index (χ0) is 18.2. The molecule has 0 bridgehead atoms. The lowest BCUT2D eigenvalue weighted by Gasteiger charge is -2.27. The normalized spacial score (nSPS) is 21.5. The van der Waals surface area contributed by atoms with E-state index in [1.807, 2.05) is 0 Å². The van der Waals surface area contributed by atoms with Crippen LogP contribution in [-0.2, 0) is 4.74 Å². The van der Waals surface area contributed by atoms with E-state index in [1.165, 1.54) is 6.92 Å². The first-order valence-corrected chi connectivity index (χ1v) is 9.45. The molecule has 0 spiro atoms. The van der Waals surface area contributed by atoms with Gasteiger partial charge in [-0.05, 0) is 50.4 Å². The molecule has 0 aliphatic rings. The van der Waals surface area contributed by atoms with E-state index in [4.69, 9.17) is 4.74 Å². The summed E-state index contributed by atoms with van der Waals surface area (Å²) in [5.74, 6) is 1.30. The fourth-order valence-electron chi connectivity index (χ4n) is 2.64. The van der Waals surface area contributed by atoms with Gasteiger partial charge in [-0.2, -0.15) is 0 Å². The molecular formula is C20H40F2O. The van der Waals surface area contributed by atoms with Crippen molar-refractivity contribution in [1.82, 2.24) is 0 Å². The lowest BCUT2D eigenvalue weighted by atomic mass is 9.82. The van der Waals surface area contributed by atoms with Gasteiger partial charge >= 0.3 is 0 Å². The Hall–Kier alpha value is -0.180. The van der Waals surface area contributed by atoms with Crippen molar-refractivity contribution in [1.29, 1.82) is 0 Å². The maximum atomic E-state index is 14.1. The second-order valence-corrected chi connectivity index (χ2v) is 8.23. The van der Waals surface area contributed by atoms with Gasteiger partial charge in [0.1, 0.15) is 12.3 Å². The molecule has 0 aliphatic carbocycles. The molecule has 0 aromatic carbocycles. The summed E-state index contributed by atoms with van der Waals surface area (Å²) in [5, 5.41) is 0. The van der Waals surface area contributed by atoms with Gasteiger partial charge in [-0.3, -0.25) is 0 Å². The zero-order valence-corrected chi connectivity index (χ0v) is 16.6. The molecule has 140 valence electrons. The highest BCUT2D eigenvalue weighted by Crippen LogP contribution is 2.29. The number of hydrogen-bond donors (Lipinski definition) is 0. The minimum Gasteiger partial charge on any atom is -0.378 e. The molecule has 0 amide bonds. The maximum absolute atomic E-state index is 14.1. The van der Waals surface area contributed by atoms with Crippen LogP contribution in [-0.4, -0.2) is 25.1 Å². The molecule has 0 N–H and O–H groups in total. The fraction of sp³-hybridized carbons (Fsp3) is 1.00. The highest BCUT2D eigenvalue weighted by molar-refractivity contribution is 4.75. The van der Waals surface area contributed by atoms with E-state index in [0.717, 1.165) is 19.4 Å². The number of halogens is 2. The summed E-state index contributed by atoms with van der Waals surface area (Å²) in [7, 11) is 0. The van der Waals surface area contributed by atoms with E-state index in [1.54, 1.807) is 6.92 Å². The Morgan fingerprint density at radius 1 is 0.739 bits per heavy atom. The molecule has 0 rings (SSSR count). The van der Waals surface area contributed by atoms with Gasteiger partial charge in [0.25, 0.3) is 0 Å². The average molecular weight is 335 g/mol. The first kappa shape index (κ1) is 22.8.